The first kappa shape index (κ1) is 20.8. The van der Waals surface area contributed by atoms with Crippen LogP contribution in [0.25, 0.3) is 0 Å². The summed E-state index contributed by atoms with van der Waals surface area (Å²) in [5, 5.41) is 0. The standard InChI is InChI=1S/C33H27/c1-25-22-30(32(26-14-6-2-7-15-26)27-16-8-3-9-17-27)24-31(23-25)33(28-18-10-4-11-19-28)29-20-12-5-13-21-29/h2-24,32H,1H3/q+1. The van der Waals surface area contributed by atoms with Crippen molar-refractivity contribution in [2.75, 3.05) is 0 Å². The molecule has 0 heterocycles. The summed E-state index contributed by atoms with van der Waals surface area (Å²) in [5.41, 5.74) is 8.91. The van der Waals surface area contributed by atoms with Crippen molar-refractivity contribution in [3.8, 4) is 0 Å². The van der Waals surface area contributed by atoms with Crippen LogP contribution < -0.4 is 0 Å². The summed E-state index contributed by atoms with van der Waals surface area (Å²) < 4.78 is 0. The molecule has 0 amide bonds. The molecule has 158 valence electrons. The molecule has 0 aliphatic heterocycles. The van der Waals surface area contributed by atoms with Crippen LogP contribution >= 0.6 is 0 Å². The molecule has 0 saturated carbocycles. The summed E-state index contributed by atoms with van der Waals surface area (Å²) in [7, 11) is 0. The Labute approximate surface area is 197 Å². The van der Waals surface area contributed by atoms with Crippen LogP contribution in [-0.2, 0) is 0 Å². The molecule has 0 heteroatoms. The first-order valence-corrected chi connectivity index (χ1v) is 11.5. The number of benzene rings is 5. The first-order chi connectivity index (χ1) is 16.3. The van der Waals surface area contributed by atoms with Gasteiger partial charge >= 0.3 is 0 Å². The maximum Gasteiger partial charge on any atom is 0.0632 e. The predicted molar refractivity (Wildman–Crippen MR) is 138 cm³/mol. The summed E-state index contributed by atoms with van der Waals surface area (Å²) in [6.45, 7) is 2.20. The highest BCUT2D eigenvalue weighted by atomic mass is 14.2. The van der Waals surface area contributed by atoms with Crippen molar-refractivity contribution < 1.29 is 0 Å². The minimum Gasteiger partial charge on any atom is -0.0622 e. The van der Waals surface area contributed by atoms with Gasteiger partial charge in [-0.15, -0.1) is 0 Å². The second kappa shape index (κ2) is 9.63. The zero-order valence-corrected chi connectivity index (χ0v) is 18.9. The van der Waals surface area contributed by atoms with Gasteiger partial charge in [0.1, 0.15) is 0 Å². The lowest BCUT2D eigenvalue weighted by atomic mass is 9.80. The molecule has 0 fully saturated rings. The Morgan fingerprint density at radius 2 is 0.848 bits per heavy atom. The Hall–Kier alpha value is -4.03. The molecular weight excluding hydrogens is 396 g/mol. The van der Waals surface area contributed by atoms with E-state index in [0.29, 0.717) is 0 Å². The van der Waals surface area contributed by atoms with Crippen LogP contribution in [-0.4, -0.2) is 0 Å². The molecule has 0 nitrogen and oxygen atoms in total. The number of hydrogen-bond acceptors (Lipinski definition) is 0. The maximum atomic E-state index is 2.38. The molecule has 0 radical (unpaired) electrons. The van der Waals surface area contributed by atoms with Gasteiger partial charge in [0.2, 0.25) is 0 Å². The molecule has 0 aliphatic rings. The molecule has 0 saturated heterocycles. The van der Waals surface area contributed by atoms with E-state index in [1.54, 1.807) is 0 Å². The monoisotopic (exact) mass is 423 g/mol. The average Bonchev–Trinajstić information content (AvgIpc) is 2.87. The summed E-state index contributed by atoms with van der Waals surface area (Å²) in [4.78, 5) is 0. The average molecular weight is 424 g/mol. The van der Waals surface area contributed by atoms with Crippen molar-refractivity contribution in [3.05, 3.63) is 184 Å². The second-order valence-corrected chi connectivity index (χ2v) is 8.49. The molecule has 0 aromatic heterocycles. The summed E-state index contributed by atoms with van der Waals surface area (Å²) in [5.74, 6) is 1.44. The number of aryl methyl sites for hydroxylation is 1. The van der Waals surface area contributed by atoms with Gasteiger partial charge in [-0.05, 0) is 95.9 Å². The van der Waals surface area contributed by atoms with Crippen LogP contribution in [0.1, 0.15) is 44.9 Å². The lowest BCUT2D eigenvalue weighted by Crippen LogP contribution is -2.08. The molecular formula is C33H27+. The minimum atomic E-state index is 0.179. The minimum absolute atomic E-state index is 0.179. The molecule has 5 rings (SSSR count). The topological polar surface area (TPSA) is 0 Å². The number of rotatable bonds is 6. The number of hydrogen-bond donors (Lipinski definition) is 0. The molecule has 0 atom stereocenters. The summed E-state index contributed by atoms with van der Waals surface area (Å²) in [6, 6.07) is 50.1. The van der Waals surface area contributed by atoms with E-state index in [-0.39, 0.29) is 5.92 Å². The zero-order chi connectivity index (χ0) is 22.5. The van der Waals surface area contributed by atoms with E-state index in [0.717, 1.165) is 0 Å². The van der Waals surface area contributed by atoms with E-state index in [9.17, 15) is 0 Å². The van der Waals surface area contributed by atoms with E-state index < -0.39 is 0 Å². The maximum absolute atomic E-state index is 2.38. The van der Waals surface area contributed by atoms with Crippen LogP contribution in [0.3, 0.4) is 0 Å². The molecule has 0 bridgehead atoms. The highest BCUT2D eigenvalue weighted by molar-refractivity contribution is 5.59. The van der Waals surface area contributed by atoms with Gasteiger partial charge in [-0.25, -0.2) is 0 Å². The van der Waals surface area contributed by atoms with E-state index in [1.807, 2.05) is 0 Å². The Morgan fingerprint density at radius 1 is 0.424 bits per heavy atom. The Bertz CT molecular complexity index is 1110. The van der Waals surface area contributed by atoms with E-state index in [4.69, 9.17) is 0 Å². The van der Waals surface area contributed by atoms with Crippen LogP contribution in [0.15, 0.2) is 140 Å². The van der Waals surface area contributed by atoms with E-state index in [1.165, 1.54) is 44.9 Å². The van der Waals surface area contributed by atoms with Crippen molar-refractivity contribution in [2.24, 2.45) is 0 Å². The van der Waals surface area contributed by atoms with E-state index >= 15 is 0 Å². The molecule has 5 aromatic rings. The fourth-order valence-electron chi connectivity index (χ4n) is 4.70. The van der Waals surface area contributed by atoms with Gasteiger partial charge in [0, 0.05) is 5.92 Å². The lowest BCUT2D eigenvalue weighted by Gasteiger charge is -2.21. The Balaban J connectivity index is 1.69. The van der Waals surface area contributed by atoms with Crippen molar-refractivity contribution in [3.63, 3.8) is 0 Å². The first-order valence-electron chi connectivity index (χ1n) is 11.5. The largest absolute Gasteiger partial charge is 0.0632 e. The van der Waals surface area contributed by atoms with Gasteiger partial charge in [0.25, 0.3) is 0 Å². The van der Waals surface area contributed by atoms with Crippen molar-refractivity contribution >= 4 is 0 Å². The van der Waals surface area contributed by atoms with Gasteiger partial charge in [-0.2, -0.15) is 0 Å². The summed E-state index contributed by atoms with van der Waals surface area (Å²) in [6.07, 6.45) is 0. The van der Waals surface area contributed by atoms with Crippen LogP contribution in [0.5, 0.6) is 0 Å². The van der Waals surface area contributed by atoms with Gasteiger partial charge in [0.05, 0.1) is 22.6 Å². The molecule has 0 unspecified atom stereocenters. The van der Waals surface area contributed by atoms with E-state index in [2.05, 4.69) is 146 Å². The fraction of sp³-hybridized carbons (Fsp3) is 0.0606. The van der Waals surface area contributed by atoms with Crippen molar-refractivity contribution in [2.45, 2.75) is 12.8 Å². The Kier molecular flexibility index (Phi) is 6.08. The third-order valence-corrected chi connectivity index (χ3v) is 6.11. The van der Waals surface area contributed by atoms with Crippen LogP contribution in [0, 0.1) is 12.8 Å². The highest BCUT2D eigenvalue weighted by Gasteiger charge is 2.25. The van der Waals surface area contributed by atoms with Gasteiger partial charge in [-0.1, -0.05) is 72.8 Å². The lowest BCUT2D eigenvalue weighted by molar-refractivity contribution is 0.969. The van der Waals surface area contributed by atoms with Gasteiger partial charge in [0.15, 0.2) is 0 Å². The highest BCUT2D eigenvalue weighted by Crippen LogP contribution is 2.37. The van der Waals surface area contributed by atoms with Crippen LogP contribution in [0.2, 0.25) is 0 Å². The summed E-state index contributed by atoms with van der Waals surface area (Å²) >= 11 is 0. The third-order valence-electron chi connectivity index (χ3n) is 6.11. The molecule has 0 spiro atoms. The zero-order valence-electron chi connectivity index (χ0n) is 18.9. The van der Waals surface area contributed by atoms with Crippen molar-refractivity contribution in [1.82, 2.24) is 0 Å². The normalized spacial score (nSPS) is 10.8. The van der Waals surface area contributed by atoms with Crippen molar-refractivity contribution in [1.29, 1.82) is 0 Å². The Morgan fingerprint density at radius 3 is 1.30 bits per heavy atom. The third kappa shape index (κ3) is 4.61. The second-order valence-electron chi connectivity index (χ2n) is 8.49. The van der Waals surface area contributed by atoms with Crippen LogP contribution in [0.4, 0.5) is 0 Å². The molecule has 0 aliphatic carbocycles. The fourth-order valence-corrected chi connectivity index (χ4v) is 4.70. The quantitative estimate of drug-likeness (QED) is 0.191. The molecule has 33 heavy (non-hydrogen) atoms. The predicted octanol–water partition coefficient (Wildman–Crippen LogP) is 8.19. The SMILES string of the molecule is Cc1cc([C+](c2ccccc2)c2ccccc2)cc(C(c2ccccc2)c2ccccc2)c1. The molecule has 5 aromatic carbocycles. The smallest absolute Gasteiger partial charge is 0.0622 e. The molecule has 0 N–H and O–H groups in total. The van der Waals surface area contributed by atoms with Gasteiger partial charge in [-0.3, -0.25) is 0 Å². The van der Waals surface area contributed by atoms with Gasteiger partial charge < -0.3 is 0 Å².